The smallest absolute Gasteiger partial charge is 0.381 e. The summed E-state index contributed by atoms with van der Waals surface area (Å²) in [7, 11) is -4.12. The molecule has 0 unspecified atom stereocenters. The van der Waals surface area contributed by atoms with E-state index in [1.807, 2.05) is 0 Å². The Bertz CT molecular complexity index is 1240. The molecule has 0 saturated heterocycles. The highest BCUT2D eigenvalue weighted by atomic mass is 32.2. The lowest BCUT2D eigenvalue weighted by Gasteiger charge is -2.44. The minimum Gasteiger partial charge on any atom is -0.381 e. The zero-order chi connectivity index (χ0) is 21.9. The van der Waals surface area contributed by atoms with Gasteiger partial charge in [-0.15, -0.1) is 0 Å². The van der Waals surface area contributed by atoms with E-state index < -0.39 is 40.7 Å². The SMILES string of the molecule is Cc1ccc(S(=O)(=O)NC2CC(O)(C(F)(F)F)C2)cc1-c1cnc2c(N)ncnn12. The number of aliphatic hydroxyl groups is 1. The van der Waals surface area contributed by atoms with Crippen molar-refractivity contribution in [3.8, 4) is 11.3 Å². The average Bonchev–Trinajstić information content (AvgIpc) is 3.04. The van der Waals surface area contributed by atoms with Crippen molar-refractivity contribution in [3.63, 3.8) is 0 Å². The van der Waals surface area contributed by atoms with Gasteiger partial charge in [-0.1, -0.05) is 6.07 Å². The summed E-state index contributed by atoms with van der Waals surface area (Å²) in [6, 6.07) is 3.28. The van der Waals surface area contributed by atoms with Gasteiger partial charge in [0, 0.05) is 24.4 Å². The summed E-state index contributed by atoms with van der Waals surface area (Å²) >= 11 is 0. The third-order valence-corrected chi connectivity index (χ3v) is 6.66. The Morgan fingerprint density at radius 2 is 2.00 bits per heavy atom. The van der Waals surface area contributed by atoms with E-state index in [0.717, 1.165) is 5.56 Å². The third kappa shape index (κ3) is 3.28. The summed E-state index contributed by atoms with van der Waals surface area (Å²) in [6.45, 7) is 1.76. The summed E-state index contributed by atoms with van der Waals surface area (Å²) in [5.41, 5.74) is 4.92. The van der Waals surface area contributed by atoms with Crippen molar-refractivity contribution in [1.29, 1.82) is 0 Å². The molecule has 4 N–H and O–H groups in total. The van der Waals surface area contributed by atoms with Gasteiger partial charge in [-0.05, 0) is 24.6 Å². The molecule has 2 aromatic heterocycles. The molecule has 0 radical (unpaired) electrons. The minimum atomic E-state index is -4.81. The number of nitrogens with one attached hydrogen (secondary N) is 1. The van der Waals surface area contributed by atoms with Crippen LogP contribution in [-0.4, -0.2) is 50.9 Å². The number of benzene rings is 1. The van der Waals surface area contributed by atoms with E-state index in [2.05, 4.69) is 19.8 Å². The molecule has 0 atom stereocenters. The molecular weight excluding hydrogens is 425 g/mol. The van der Waals surface area contributed by atoms with Gasteiger partial charge in [0.2, 0.25) is 10.0 Å². The van der Waals surface area contributed by atoms with E-state index >= 15 is 0 Å². The highest BCUT2D eigenvalue weighted by Crippen LogP contribution is 2.45. The van der Waals surface area contributed by atoms with Gasteiger partial charge in [0.25, 0.3) is 0 Å². The molecule has 0 bridgehead atoms. The van der Waals surface area contributed by atoms with Crippen LogP contribution in [0.5, 0.6) is 0 Å². The molecule has 1 saturated carbocycles. The van der Waals surface area contributed by atoms with Crippen molar-refractivity contribution < 1.29 is 26.7 Å². The van der Waals surface area contributed by atoms with Crippen LogP contribution in [0.15, 0.2) is 35.6 Å². The van der Waals surface area contributed by atoms with Crippen molar-refractivity contribution >= 4 is 21.5 Å². The second kappa shape index (κ2) is 6.62. The summed E-state index contributed by atoms with van der Waals surface area (Å²) in [6.07, 6.45) is -3.57. The van der Waals surface area contributed by atoms with Gasteiger partial charge in [0.1, 0.15) is 6.33 Å². The fraction of sp³-hybridized carbons (Fsp3) is 0.353. The fourth-order valence-electron chi connectivity index (χ4n) is 3.42. The van der Waals surface area contributed by atoms with E-state index in [1.165, 1.54) is 29.2 Å². The molecule has 2 heterocycles. The van der Waals surface area contributed by atoms with E-state index in [9.17, 15) is 26.7 Å². The van der Waals surface area contributed by atoms with Crippen LogP contribution in [0.4, 0.5) is 19.0 Å². The first kappa shape index (κ1) is 20.5. The number of nitrogen functional groups attached to an aromatic ring is 1. The van der Waals surface area contributed by atoms with E-state index in [-0.39, 0.29) is 10.7 Å². The van der Waals surface area contributed by atoms with Crippen LogP contribution in [-0.2, 0) is 10.0 Å². The highest BCUT2D eigenvalue weighted by Gasteiger charge is 2.61. The molecule has 3 aromatic rings. The number of aromatic nitrogens is 4. The maximum atomic E-state index is 12.8. The molecule has 1 fully saturated rings. The first-order chi connectivity index (χ1) is 13.9. The number of nitrogens with two attached hydrogens (primary N) is 1. The van der Waals surface area contributed by atoms with Crippen LogP contribution in [0.3, 0.4) is 0 Å². The summed E-state index contributed by atoms with van der Waals surface area (Å²) < 4.78 is 67.4. The topological polar surface area (TPSA) is 136 Å². The molecule has 160 valence electrons. The van der Waals surface area contributed by atoms with E-state index in [1.54, 1.807) is 13.0 Å². The number of alkyl halides is 3. The molecule has 13 heteroatoms. The van der Waals surface area contributed by atoms with Crippen LogP contribution in [0.2, 0.25) is 0 Å². The molecule has 1 aliphatic rings. The lowest BCUT2D eigenvalue weighted by atomic mass is 9.76. The van der Waals surface area contributed by atoms with Crippen LogP contribution in [0, 0.1) is 6.92 Å². The Kier molecular flexibility index (Phi) is 4.52. The van der Waals surface area contributed by atoms with E-state index in [4.69, 9.17) is 5.73 Å². The number of aryl methyl sites for hydroxylation is 1. The largest absolute Gasteiger partial charge is 0.417 e. The maximum absolute atomic E-state index is 12.8. The maximum Gasteiger partial charge on any atom is 0.417 e. The molecule has 30 heavy (non-hydrogen) atoms. The number of anilines is 1. The summed E-state index contributed by atoms with van der Waals surface area (Å²) in [5.74, 6) is 0.154. The zero-order valence-corrected chi connectivity index (χ0v) is 16.4. The molecule has 1 aliphatic carbocycles. The van der Waals surface area contributed by atoms with Gasteiger partial charge in [-0.2, -0.15) is 18.3 Å². The molecule has 1 aromatic carbocycles. The number of halogens is 3. The average molecular weight is 442 g/mol. The Labute approximate surface area is 168 Å². The number of hydrogen-bond donors (Lipinski definition) is 3. The second-order valence-electron chi connectivity index (χ2n) is 7.26. The Balaban J connectivity index is 1.64. The fourth-order valence-corrected chi connectivity index (χ4v) is 4.68. The molecular formula is C17H17F3N6O3S. The normalized spacial score (nSPS) is 22.2. The van der Waals surface area contributed by atoms with Gasteiger partial charge in [-0.25, -0.2) is 27.6 Å². The first-order valence-electron chi connectivity index (χ1n) is 8.78. The number of sulfonamides is 1. The summed E-state index contributed by atoms with van der Waals surface area (Å²) in [5, 5.41) is 13.6. The van der Waals surface area contributed by atoms with Gasteiger partial charge < -0.3 is 10.8 Å². The Morgan fingerprint density at radius 3 is 2.67 bits per heavy atom. The zero-order valence-electron chi connectivity index (χ0n) is 15.6. The van der Waals surface area contributed by atoms with Crippen molar-refractivity contribution in [3.05, 3.63) is 36.3 Å². The number of hydrogen-bond acceptors (Lipinski definition) is 7. The Hall–Kier alpha value is -2.77. The van der Waals surface area contributed by atoms with Crippen molar-refractivity contribution in [2.45, 2.75) is 42.5 Å². The van der Waals surface area contributed by atoms with Crippen molar-refractivity contribution in [2.75, 3.05) is 5.73 Å². The lowest BCUT2D eigenvalue weighted by Crippen LogP contribution is -2.62. The number of rotatable bonds is 4. The molecule has 9 nitrogen and oxygen atoms in total. The third-order valence-electron chi connectivity index (χ3n) is 5.14. The predicted octanol–water partition coefficient (Wildman–Crippen LogP) is 1.42. The predicted molar refractivity (Wildman–Crippen MR) is 99.7 cm³/mol. The highest BCUT2D eigenvalue weighted by molar-refractivity contribution is 7.89. The summed E-state index contributed by atoms with van der Waals surface area (Å²) in [4.78, 5) is 7.86. The molecule has 0 spiro atoms. The Morgan fingerprint density at radius 1 is 1.30 bits per heavy atom. The van der Waals surface area contributed by atoms with Crippen LogP contribution in [0.25, 0.3) is 16.9 Å². The van der Waals surface area contributed by atoms with Crippen molar-refractivity contribution in [1.82, 2.24) is 24.3 Å². The van der Waals surface area contributed by atoms with Crippen molar-refractivity contribution in [2.24, 2.45) is 0 Å². The molecule has 0 aliphatic heterocycles. The quantitative estimate of drug-likeness (QED) is 0.556. The van der Waals surface area contributed by atoms with Gasteiger partial charge in [0.05, 0.1) is 16.8 Å². The monoisotopic (exact) mass is 442 g/mol. The molecule has 0 amide bonds. The second-order valence-corrected chi connectivity index (χ2v) is 8.97. The van der Waals surface area contributed by atoms with E-state index in [0.29, 0.717) is 16.9 Å². The number of imidazole rings is 1. The number of nitrogens with zero attached hydrogens (tertiary/aromatic N) is 4. The number of fused-ring (bicyclic) bond motifs is 1. The van der Waals surface area contributed by atoms with Crippen LogP contribution in [0.1, 0.15) is 18.4 Å². The standard InChI is InChI=1S/C17H17F3N6O3S/c1-9-2-3-11(30(28,29)25-10-5-16(27,6-10)17(18,19)20)4-12(9)13-7-22-15-14(21)23-8-24-26(13)15/h2-4,7-8,10,25,27H,5-6H2,1H3,(H2,21,23,24). The van der Waals surface area contributed by atoms with Crippen LogP contribution >= 0.6 is 0 Å². The minimum absolute atomic E-state index is 0.137. The van der Waals surface area contributed by atoms with Gasteiger partial charge in [0.15, 0.2) is 17.1 Å². The lowest BCUT2D eigenvalue weighted by molar-refractivity contribution is -0.290. The molecule has 4 rings (SSSR count). The van der Waals surface area contributed by atoms with Gasteiger partial charge >= 0.3 is 6.18 Å². The first-order valence-corrected chi connectivity index (χ1v) is 10.3. The van der Waals surface area contributed by atoms with Gasteiger partial charge in [-0.3, -0.25) is 0 Å². The van der Waals surface area contributed by atoms with Crippen LogP contribution < -0.4 is 10.5 Å².